The smallest absolute Gasteiger partial charge is 0.243 e. The lowest BCUT2D eigenvalue weighted by atomic mass is 9.98. The minimum Gasteiger partial charge on any atom is -0.326 e. The van der Waals surface area contributed by atoms with Crippen molar-refractivity contribution >= 4 is 21.6 Å². The topological polar surface area (TPSA) is 66.5 Å². The molecule has 0 spiro atoms. The van der Waals surface area contributed by atoms with Crippen LogP contribution in [-0.4, -0.2) is 31.7 Å². The average molecular weight is 435 g/mol. The Balaban J connectivity index is 1.47. The minimum absolute atomic E-state index is 0.131. The first-order chi connectivity index (χ1) is 15.0. The van der Waals surface area contributed by atoms with Crippen LogP contribution in [0.25, 0.3) is 0 Å². The Kier molecular flexibility index (Phi) is 6.49. The number of nitrogens with one attached hydrogen (secondary N) is 1. The van der Waals surface area contributed by atoms with Crippen molar-refractivity contribution < 1.29 is 13.2 Å². The van der Waals surface area contributed by atoms with E-state index in [0.29, 0.717) is 19.4 Å². The number of hydrogen-bond acceptors (Lipinski definition) is 3. The Labute approximate surface area is 183 Å². The van der Waals surface area contributed by atoms with Crippen molar-refractivity contribution in [3.8, 4) is 0 Å². The highest BCUT2D eigenvalue weighted by Gasteiger charge is 2.33. The summed E-state index contributed by atoms with van der Waals surface area (Å²) < 4.78 is 27.4. The first kappa shape index (κ1) is 21.3. The Morgan fingerprint density at radius 3 is 2.29 bits per heavy atom. The molecule has 1 aliphatic rings. The van der Waals surface area contributed by atoms with Gasteiger partial charge in [-0.15, -0.1) is 0 Å². The van der Waals surface area contributed by atoms with Gasteiger partial charge in [0.05, 0.1) is 10.8 Å². The van der Waals surface area contributed by atoms with Gasteiger partial charge in [0.2, 0.25) is 15.9 Å². The molecular weight excluding hydrogens is 408 g/mol. The fraction of sp³-hybridized carbons (Fsp3) is 0.240. The Bertz CT molecular complexity index is 1130. The van der Waals surface area contributed by atoms with Crippen molar-refractivity contribution in [2.75, 3.05) is 18.4 Å². The van der Waals surface area contributed by atoms with E-state index >= 15 is 0 Å². The van der Waals surface area contributed by atoms with Crippen LogP contribution in [0.15, 0.2) is 89.8 Å². The highest BCUT2D eigenvalue weighted by atomic mass is 32.2. The maximum Gasteiger partial charge on any atom is 0.243 e. The van der Waals surface area contributed by atoms with Crippen molar-refractivity contribution in [1.29, 1.82) is 0 Å². The number of anilines is 1. The standard InChI is InChI=1S/C25H26N2O3S/c28-25(26-24-16-8-7-12-21(24)18-20-10-3-1-4-11-20)22-13-9-17-27(19-22)31(29,30)23-14-5-2-6-15-23/h1-8,10-12,14-16,22H,9,13,17-19H2,(H,26,28). The number of rotatable bonds is 6. The lowest BCUT2D eigenvalue weighted by molar-refractivity contribution is -0.120. The third-order valence-electron chi connectivity index (χ3n) is 5.65. The van der Waals surface area contributed by atoms with E-state index in [9.17, 15) is 13.2 Å². The summed E-state index contributed by atoms with van der Waals surface area (Å²) in [6.07, 6.45) is 2.06. The molecule has 3 aromatic carbocycles. The van der Waals surface area contributed by atoms with Gasteiger partial charge in [0, 0.05) is 18.8 Å². The van der Waals surface area contributed by atoms with E-state index in [1.807, 2.05) is 42.5 Å². The molecule has 31 heavy (non-hydrogen) atoms. The maximum absolute atomic E-state index is 13.0. The van der Waals surface area contributed by atoms with Crippen molar-refractivity contribution in [3.63, 3.8) is 0 Å². The predicted molar refractivity (Wildman–Crippen MR) is 122 cm³/mol. The van der Waals surface area contributed by atoms with E-state index < -0.39 is 10.0 Å². The van der Waals surface area contributed by atoms with Crippen LogP contribution in [-0.2, 0) is 21.2 Å². The number of piperidine rings is 1. The molecule has 0 bridgehead atoms. The summed E-state index contributed by atoms with van der Waals surface area (Å²) in [4.78, 5) is 13.3. The number of carbonyl (C=O) groups is 1. The van der Waals surface area contributed by atoms with Gasteiger partial charge in [0.25, 0.3) is 0 Å². The summed E-state index contributed by atoms with van der Waals surface area (Å²) in [5.74, 6) is -0.509. The first-order valence-corrected chi connectivity index (χ1v) is 12.0. The number of amides is 1. The second-order valence-corrected chi connectivity index (χ2v) is 9.76. The van der Waals surface area contributed by atoms with E-state index in [1.165, 1.54) is 9.87 Å². The van der Waals surface area contributed by atoms with Crippen molar-refractivity contribution in [2.24, 2.45) is 5.92 Å². The molecule has 3 aromatic rings. The van der Waals surface area contributed by atoms with E-state index in [0.717, 1.165) is 17.7 Å². The third kappa shape index (κ3) is 5.03. The molecule has 1 heterocycles. The Morgan fingerprint density at radius 1 is 0.903 bits per heavy atom. The molecular formula is C25H26N2O3S. The van der Waals surface area contributed by atoms with Crippen LogP contribution in [0, 0.1) is 5.92 Å². The monoisotopic (exact) mass is 434 g/mol. The van der Waals surface area contributed by atoms with Gasteiger partial charge in [-0.25, -0.2) is 8.42 Å². The van der Waals surface area contributed by atoms with Gasteiger partial charge in [0.15, 0.2) is 0 Å². The molecule has 1 atom stereocenters. The SMILES string of the molecule is O=C(Nc1ccccc1Cc1ccccc1)C1CCCN(S(=O)(=O)c2ccccc2)C1. The zero-order valence-electron chi connectivity index (χ0n) is 17.3. The van der Waals surface area contributed by atoms with Crippen molar-refractivity contribution in [2.45, 2.75) is 24.2 Å². The molecule has 4 rings (SSSR count). The normalized spacial score (nSPS) is 17.2. The van der Waals surface area contributed by atoms with Crippen LogP contribution in [0.1, 0.15) is 24.0 Å². The predicted octanol–water partition coefficient (Wildman–Crippen LogP) is 4.32. The van der Waals surface area contributed by atoms with Gasteiger partial charge in [-0.3, -0.25) is 4.79 Å². The number of para-hydroxylation sites is 1. The quantitative estimate of drug-likeness (QED) is 0.628. The fourth-order valence-corrected chi connectivity index (χ4v) is 5.51. The molecule has 5 nitrogen and oxygen atoms in total. The molecule has 160 valence electrons. The van der Waals surface area contributed by atoms with Crippen LogP contribution in [0.3, 0.4) is 0 Å². The number of carbonyl (C=O) groups excluding carboxylic acids is 1. The van der Waals surface area contributed by atoms with Crippen molar-refractivity contribution in [1.82, 2.24) is 4.31 Å². The summed E-state index contributed by atoms with van der Waals surface area (Å²) in [6.45, 7) is 0.634. The van der Waals surface area contributed by atoms with Gasteiger partial charge < -0.3 is 5.32 Å². The average Bonchev–Trinajstić information content (AvgIpc) is 2.81. The third-order valence-corrected chi connectivity index (χ3v) is 7.53. The number of benzene rings is 3. The molecule has 0 saturated carbocycles. The van der Waals surface area contributed by atoms with Crippen molar-refractivity contribution in [3.05, 3.63) is 96.1 Å². The van der Waals surface area contributed by atoms with Gasteiger partial charge in [-0.1, -0.05) is 66.7 Å². The number of sulfonamides is 1. The summed E-state index contributed by atoms with van der Waals surface area (Å²) >= 11 is 0. The maximum atomic E-state index is 13.0. The highest BCUT2D eigenvalue weighted by Crippen LogP contribution is 2.26. The van der Waals surface area contributed by atoms with Gasteiger partial charge in [-0.05, 0) is 48.6 Å². The Hall–Kier alpha value is -2.96. The lowest BCUT2D eigenvalue weighted by Crippen LogP contribution is -2.43. The van der Waals surface area contributed by atoms with Gasteiger partial charge in [0.1, 0.15) is 0 Å². The van der Waals surface area contributed by atoms with E-state index in [4.69, 9.17) is 0 Å². The molecule has 0 aliphatic carbocycles. The lowest BCUT2D eigenvalue weighted by Gasteiger charge is -2.31. The summed E-state index contributed by atoms with van der Waals surface area (Å²) in [7, 11) is -3.60. The van der Waals surface area contributed by atoms with Crippen LogP contribution >= 0.6 is 0 Å². The molecule has 1 fully saturated rings. The first-order valence-electron chi connectivity index (χ1n) is 10.5. The number of hydrogen-bond donors (Lipinski definition) is 1. The van der Waals surface area contributed by atoms with Crippen LogP contribution in [0.2, 0.25) is 0 Å². The molecule has 1 saturated heterocycles. The van der Waals surface area contributed by atoms with E-state index in [1.54, 1.807) is 30.3 Å². The summed E-state index contributed by atoms with van der Waals surface area (Å²) in [6, 6.07) is 26.3. The zero-order chi connectivity index (χ0) is 21.7. The second kappa shape index (κ2) is 9.45. The Morgan fingerprint density at radius 2 is 1.55 bits per heavy atom. The van der Waals surface area contributed by atoms with Gasteiger partial charge >= 0.3 is 0 Å². The molecule has 6 heteroatoms. The summed E-state index contributed by atoms with van der Waals surface area (Å²) in [5, 5.41) is 3.05. The number of nitrogens with zero attached hydrogens (tertiary/aromatic N) is 1. The van der Waals surface area contributed by atoms with E-state index in [2.05, 4.69) is 17.4 Å². The zero-order valence-corrected chi connectivity index (χ0v) is 18.1. The van der Waals surface area contributed by atoms with Gasteiger partial charge in [-0.2, -0.15) is 4.31 Å². The highest BCUT2D eigenvalue weighted by molar-refractivity contribution is 7.89. The molecule has 1 unspecified atom stereocenters. The molecule has 1 N–H and O–H groups in total. The summed E-state index contributed by atoms with van der Waals surface area (Å²) in [5.41, 5.74) is 2.98. The molecule has 1 aliphatic heterocycles. The molecule has 0 radical (unpaired) electrons. The van der Waals surface area contributed by atoms with Crippen LogP contribution in [0.5, 0.6) is 0 Å². The molecule has 1 amide bonds. The molecule has 0 aromatic heterocycles. The minimum atomic E-state index is -3.60. The fourth-order valence-electron chi connectivity index (χ4n) is 3.96. The second-order valence-electron chi connectivity index (χ2n) is 7.82. The van der Waals surface area contributed by atoms with E-state index in [-0.39, 0.29) is 23.3 Å². The van der Waals surface area contributed by atoms with Crippen LogP contribution < -0.4 is 5.32 Å². The van der Waals surface area contributed by atoms with Crippen LogP contribution in [0.4, 0.5) is 5.69 Å². The largest absolute Gasteiger partial charge is 0.326 e.